The van der Waals surface area contributed by atoms with Gasteiger partial charge < -0.3 is 20.1 Å². The highest BCUT2D eigenvalue weighted by Crippen LogP contribution is 2.23. The minimum Gasteiger partial charge on any atom is -0.396 e. The smallest absolute Gasteiger partial charge is 0.0629 e. The van der Waals surface area contributed by atoms with Crippen LogP contribution in [0.15, 0.2) is 0 Å². The van der Waals surface area contributed by atoms with E-state index in [0.29, 0.717) is 12.5 Å². The van der Waals surface area contributed by atoms with Gasteiger partial charge in [0.05, 0.1) is 31.8 Å². The first kappa shape index (κ1) is 28.8. The van der Waals surface area contributed by atoms with Gasteiger partial charge >= 0.3 is 0 Å². The number of aliphatic hydroxyl groups excluding tert-OH is 3. The lowest BCUT2D eigenvalue weighted by Gasteiger charge is -2.27. The second-order valence-corrected chi connectivity index (χ2v) is 10.3. The van der Waals surface area contributed by atoms with Gasteiger partial charge in [0.25, 0.3) is 0 Å². The monoisotopic (exact) mass is 416 g/mol. The summed E-state index contributed by atoms with van der Waals surface area (Å²) in [5.41, 5.74) is -0.912. The van der Waals surface area contributed by atoms with Crippen molar-refractivity contribution in [2.24, 2.45) is 29.1 Å². The predicted molar refractivity (Wildman–Crippen MR) is 123 cm³/mol. The molecule has 176 valence electrons. The molecule has 4 heteroatoms. The maximum atomic E-state index is 9.30. The van der Waals surface area contributed by atoms with E-state index in [4.69, 9.17) is 4.74 Å². The molecule has 3 unspecified atom stereocenters. The first-order valence-corrected chi connectivity index (χ1v) is 12.2. The summed E-state index contributed by atoms with van der Waals surface area (Å²) >= 11 is 0. The Morgan fingerprint density at radius 1 is 0.586 bits per heavy atom. The van der Waals surface area contributed by atoms with Gasteiger partial charge in [0.15, 0.2) is 0 Å². The Morgan fingerprint density at radius 3 is 1.34 bits per heavy atom. The summed E-state index contributed by atoms with van der Waals surface area (Å²) in [5.74, 6) is 3.16. The molecule has 4 nitrogen and oxygen atoms in total. The third-order valence-electron chi connectivity index (χ3n) is 6.44. The largest absolute Gasteiger partial charge is 0.396 e. The van der Waals surface area contributed by atoms with Crippen molar-refractivity contribution in [3.63, 3.8) is 0 Å². The summed E-state index contributed by atoms with van der Waals surface area (Å²) in [6.07, 6.45) is 13.1. The number of ether oxygens (including phenoxy) is 1. The zero-order valence-corrected chi connectivity index (χ0v) is 20.2. The van der Waals surface area contributed by atoms with E-state index >= 15 is 0 Å². The van der Waals surface area contributed by atoms with E-state index in [2.05, 4.69) is 34.6 Å². The molecular formula is C25H52O4. The van der Waals surface area contributed by atoms with Crippen molar-refractivity contribution in [3.05, 3.63) is 0 Å². The molecule has 0 aliphatic heterocycles. The molecule has 0 aromatic rings. The molecule has 0 rings (SSSR count). The summed E-state index contributed by atoms with van der Waals surface area (Å²) in [6.45, 7) is 11.8. The Kier molecular flexibility index (Phi) is 17.4. The van der Waals surface area contributed by atoms with E-state index in [1.165, 1.54) is 57.8 Å². The minimum atomic E-state index is -0.912. The number of hydrogen-bond acceptors (Lipinski definition) is 4. The van der Waals surface area contributed by atoms with Crippen molar-refractivity contribution in [3.8, 4) is 0 Å². The van der Waals surface area contributed by atoms with Crippen LogP contribution in [0.4, 0.5) is 0 Å². The molecule has 0 heterocycles. The van der Waals surface area contributed by atoms with Crippen LogP contribution in [0.25, 0.3) is 0 Å². The maximum absolute atomic E-state index is 9.30. The van der Waals surface area contributed by atoms with Crippen LogP contribution in [0.1, 0.15) is 98.8 Å². The lowest BCUT2D eigenvalue weighted by atomic mass is 9.91. The first-order chi connectivity index (χ1) is 13.8. The van der Waals surface area contributed by atoms with Crippen molar-refractivity contribution in [1.82, 2.24) is 0 Å². The van der Waals surface area contributed by atoms with Crippen molar-refractivity contribution in [2.75, 3.05) is 33.0 Å². The second kappa shape index (κ2) is 17.5. The fourth-order valence-electron chi connectivity index (χ4n) is 3.80. The predicted octanol–water partition coefficient (Wildman–Crippen LogP) is 5.43. The van der Waals surface area contributed by atoms with Gasteiger partial charge in [-0.15, -0.1) is 0 Å². The minimum absolute atomic E-state index is 0.205. The molecule has 0 bridgehead atoms. The Hall–Kier alpha value is -0.160. The molecule has 0 aliphatic carbocycles. The number of hydrogen-bond donors (Lipinski definition) is 3. The quantitative estimate of drug-likeness (QED) is 0.231. The van der Waals surface area contributed by atoms with E-state index in [0.717, 1.165) is 24.2 Å². The van der Waals surface area contributed by atoms with E-state index in [1.807, 2.05) is 0 Å². The van der Waals surface area contributed by atoms with Gasteiger partial charge in [-0.05, 0) is 30.1 Å². The van der Waals surface area contributed by atoms with Gasteiger partial charge in [-0.25, -0.2) is 0 Å². The highest BCUT2D eigenvalue weighted by molar-refractivity contribution is 4.76. The van der Waals surface area contributed by atoms with Crippen molar-refractivity contribution in [1.29, 1.82) is 0 Å². The highest BCUT2D eigenvalue weighted by atomic mass is 16.5. The van der Waals surface area contributed by atoms with Gasteiger partial charge in [-0.3, -0.25) is 0 Å². The van der Waals surface area contributed by atoms with Gasteiger partial charge in [0.1, 0.15) is 0 Å². The lowest BCUT2D eigenvalue weighted by Crippen LogP contribution is -2.38. The van der Waals surface area contributed by atoms with E-state index in [1.54, 1.807) is 0 Å². The number of rotatable bonds is 20. The molecular weight excluding hydrogens is 364 g/mol. The molecule has 3 atom stereocenters. The second-order valence-electron chi connectivity index (χ2n) is 10.3. The lowest BCUT2D eigenvalue weighted by molar-refractivity contribution is -0.0593. The molecule has 0 saturated carbocycles. The first-order valence-electron chi connectivity index (χ1n) is 12.2. The maximum Gasteiger partial charge on any atom is 0.0629 e. The van der Waals surface area contributed by atoms with Crippen LogP contribution >= 0.6 is 0 Å². The van der Waals surface area contributed by atoms with Crippen LogP contribution in [0.5, 0.6) is 0 Å². The fourth-order valence-corrected chi connectivity index (χ4v) is 3.80. The third kappa shape index (κ3) is 15.3. The van der Waals surface area contributed by atoms with Gasteiger partial charge in [0, 0.05) is 6.61 Å². The summed E-state index contributed by atoms with van der Waals surface area (Å²) < 4.78 is 5.61. The molecule has 0 amide bonds. The Labute approximate surface area is 181 Å². The fraction of sp³-hybridized carbons (Fsp3) is 1.00. The molecule has 3 N–H and O–H groups in total. The summed E-state index contributed by atoms with van der Waals surface area (Å²) in [6, 6.07) is 0. The Morgan fingerprint density at radius 2 is 0.966 bits per heavy atom. The Balaban J connectivity index is 3.69. The van der Waals surface area contributed by atoms with Gasteiger partial charge in [-0.1, -0.05) is 92.4 Å². The average molecular weight is 417 g/mol. The average Bonchev–Trinajstić information content (AvgIpc) is 2.68. The Bertz CT molecular complexity index is 346. The summed E-state index contributed by atoms with van der Waals surface area (Å²) in [5, 5.41) is 27.9. The number of aliphatic hydroxyl groups is 3. The van der Waals surface area contributed by atoms with Crippen LogP contribution < -0.4 is 0 Å². The van der Waals surface area contributed by atoms with E-state index in [9.17, 15) is 15.3 Å². The molecule has 0 aliphatic rings. The van der Waals surface area contributed by atoms with Crippen LogP contribution in [-0.4, -0.2) is 48.4 Å². The topological polar surface area (TPSA) is 69.9 Å². The van der Waals surface area contributed by atoms with Crippen LogP contribution in [-0.2, 0) is 4.74 Å². The molecule has 0 aromatic heterocycles. The van der Waals surface area contributed by atoms with E-state index in [-0.39, 0.29) is 26.4 Å². The van der Waals surface area contributed by atoms with Gasteiger partial charge in [-0.2, -0.15) is 0 Å². The molecule has 0 fully saturated rings. The normalized spacial score (nSPS) is 15.6. The summed E-state index contributed by atoms with van der Waals surface area (Å²) in [7, 11) is 0. The van der Waals surface area contributed by atoms with Crippen LogP contribution in [0.3, 0.4) is 0 Å². The van der Waals surface area contributed by atoms with Crippen LogP contribution in [0, 0.1) is 29.1 Å². The third-order valence-corrected chi connectivity index (χ3v) is 6.44. The zero-order chi connectivity index (χ0) is 22.1. The van der Waals surface area contributed by atoms with E-state index < -0.39 is 5.41 Å². The van der Waals surface area contributed by atoms with Crippen molar-refractivity contribution >= 4 is 0 Å². The summed E-state index contributed by atoms with van der Waals surface area (Å²) in [4.78, 5) is 0. The molecule has 0 saturated heterocycles. The van der Waals surface area contributed by atoms with Crippen LogP contribution in [0.2, 0.25) is 0 Å². The standard InChI is InChI=1S/C25H52O4/c1-21(2)9-6-10-22(3)11-7-12-23(4)13-8-14-24(5)15-16-29-20-25(17-26,18-27)19-28/h21-24,26-28H,6-20H2,1-5H3. The van der Waals surface area contributed by atoms with Crippen molar-refractivity contribution in [2.45, 2.75) is 98.8 Å². The van der Waals surface area contributed by atoms with Gasteiger partial charge in [0.2, 0.25) is 0 Å². The molecule has 0 spiro atoms. The zero-order valence-electron chi connectivity index (χ0n) is 20.2. The highest BCUT2D eigenvalue weighted by Gasteiger charge is 2.28. The molecule has 0 aromatic carbocycles. The SMILES string of the molecule is CC(C)CCCC(C)CCCC(C)CCCC(C)CCOCC(CO)(CO)CO. The van der Waals surface area contributed by atoms with Crippen molar-refractivity contribution < 1.29 is 20.1 Å². The molecule has 0 radical (unpaired) electrons. The molecule has 29 heavy (non-hydrogen) atoms.